The summed E-state index contributed by atoms with van der Waals surface area (Å²) in [7, 11) is 0. The molecule has 0 radical (unpaired) electrons. The molecule has 17 heavy (non-hydrogen) atoms. The van der Waals surface area contributed by atoms with Crippen molar-refractivity contribution in [2.24, 2.45) is 0 Å². The lowest BCUT2D eigenvalue weighted by molar-refractivity contribution is -0.125. The molecule has 1 aromatic rings. The zero-order valence-electron chi connectivity index (χ0n) is 9.70. The van der Waals surface area contributed by atoms with Crippen LogP contribution in [0.15, 0.2) is 22.7 Å². The van der Waals surface area contributed by atoms with Gasteiger partial charge >= 0.3 is 0 Å². The number of benzene rings is 1. The average Bonchev–Trinajstić information content (AvgIpc) is 2.44. The van der Waals surface area contributed by atoms with E-state index in [0.29, 0.717) is 18.5 Å². The molecule has 1 saturated heterocycles. The molecule has 2 amide bonds. The predicted molar refractivity (Wildman–Crippen MR) is 69.8 cm³/mol. The number of halogens is 1. The Bertz CT molecular complexity index is 452. The van der Waals surface area contributed by atoms with Crippen LogP contribution in [0.3, 0.4) is 0 Å². The van der Waals surface area contributed by atoms with Crippen LogP contribution in [0.1, 0.15) is 31.2 Å². The largest absolute Gasteiger partial charge is 0.274 e. The van der Waals surface area contributed by atoms with Crippen molar-refractivity contribution >= 4 is 33.4 Å². The number of anilines is 1. The van der Waals surface area contributed by atoms with E-state index in [9.17, 15) is 9.59 Å². The molecule has 0 spiro atoms. The lowest BCUT2D eigenvalue weighted by atomic mass is 10.1. The predicted octanol–water partition coefficient (Wildman–Crippen LogP) is 3.19. The summed E-state index contributed by atoms with van der Waals surface area (Å²) >= 11 is 3.37. The Hall–Kier alpha value is -1.16. The van der Waals surface area contributed by atoms with Gasteiger partial charge in [-0.05, 0) is 37.5 Å². The van der Waals surface area contributed by atoms with Crippen LogP contribution in [0.25, 0.3) is 0 Å². The highest BCUT2D eigenvalue weighted by Gasteiger charge is 2.26. The average molecular weight is 296 g/mol. The van der Waals surface area contributed by atoms with E-state index in [4.69, 9.17) is 0 Å². The molecule has 3 nitrogen and oxygen atoms in total. The number of hydrogen-bond acceptors (Lipinski definition) is 2. The molecule has 0 unspecified atom stereocenters. The van der Waals surface area contributed by atoms with E-state index < -0.39 is 0 Å². The Kier molecular flexibility index (Phi) is 3.62. The van der Waals surface area contributed by atoms with Crippen molar-refractivity contribution in [1.29, 1.82) is 0 Å². The maximum atomic E-state index is 12.0. The van der Waals surface area contributed by atoms with E-state index >= 15 is 0 Å². The summed E-state index contributed by atoms with van der Waals surface area (Å²) in [6.07, 6.45) is 2.51. The van der Waals surface area contributed by atoms with E-state index in [0.717, 1.165) is 22.9 Å². The van der Waals surface area contributed by atoms with Crippen LogP contribution in [-0.4, -0.2) is 11.8 Å². The number of carbonyl (C=O) groups excluding carboxylic acids is 2. The third-order valence-corrected chi connectivity index (χ3v) is 3.44. The Morgan fingerprint density at radius 1 is 1.12 bits per heavy atom. The molecule has 90 valence electrons. The molecule has 0 N–H and O–H groups in total. The van der Waals surface area contributed by atoms with Gasteiger partial charge in [0.2, 0.25) is 11.8 Å². The van der Waals surface area contributed by atoms with Crippen LogP contribution in [0, 0.1) is 6.92 Å². The smallest absolute Gasteiger partial charge is 0.233 e. The SMILES string of the molecule is Cc1ccc(Br)cc1N1C(=O)CCCCC1=O. The van der Waals surface area contributed by atoms with Gasteiger partial charge in [-0.3, -0.25) is 14.5 Å². The zero-order chi connectivity index (χ0) is 12.4. The molecule has 0 aliphatic carbocycles. The molecule has 1 heterocycles. The van der Waals surface area contributed by atoms with Gasteiger partial charge in [0.15, 0.2) is 0 Å². The molecule has 1 aromatic carbocycles. The topological polar surface area (TPSA) is 37.4 Å². The minimum absolute atomic E-state index is 0.0892. The number of imide groups is 1. The number of rotatable bonds is 1. The zero-order valence-corrected chi connectivity index (χ0v) is 11.3. The van der Waals surface area contributed by atoms with E-state index in [-0.39, 0.29) is 11.8 Å². The highest BCUT2D eigenvalue weighted by Crippen LogP contribution is 2.27. The standard InChI is InChI=1S/C13H14BrNO2/c1-9-6-7-10(14)8-11(9)15-12(16)4-2-3-5-13(15)17/h6-8H,2-5H2,1H3. The molecular formula is C13H14BrNO2. The van der Waals surface area contributed by atoms with Gasteiger partial charge in [0, 0.05) is 17.3 Å². The second-order valence-electron chi connectivity index (χ2n) is 4.26. The van der Waals surface area contributed by atoms with Crippen LogP contribution in [0.5, 0.6) is 0 Å². The van der Waals surface area contributed by atoms with Crippen LogP contribution in [0.2, 0.25) is 0 Å². The molecule has 0 bridgehead atoms. The van der Waals surface area contributed by atoms with Crippen LogP contribution in [-0.2, 0) is 9.59 Å². The fourth-order valence-electron chi connectivity index (χ4n) is 2.01. The molecule has 4 heteroatoms. The molecule has 1 aliphatic heterocycles. The molecule has 0 saturated carbocycles. The van der Waals surface area contributed by atoms with Crippen molar-refractivity contribution in [1.82, 2.24) is 0 Å². The van der Waals surface area contributed by atoms with E-state index in [1.165, 1.54) is 4.90 Å². The summed E-state index contributed by atoms with van der Waals surface area (Å²) in [5, 5.41) is 0. The summed E-state index contributed by atoms with van der Waals surface area (Å²) in [5.74, 6) is -0.178. The van der Waals surface area contributed by atoms with E-state index in [1.807, 2.05) is 25.1 Å². The van der Waals surface area contributed by atoms with Crippen molar-refractivity contribution in [3.05, 3.63) is 28.2 Å². The van der Waals surface area contributed by atoms with Gasteiger partial charge in [0.1, 0.15) is 0 Å². The van der Waals surface area contributed by atoms with Gasteiger partial charge in [0.25, 0.3) is 0 Å². The van der Waals surface area contributed by atoms with Gasteiger partial charge < -0.3 is 0 Å². The molecule has 0 atom stereocenters. The van der Waals surface area contributed by atoms with Gasteiger partial charge in [-0.15, -0.1) is 0 Å². The van der Waals surface area contributed by atoms with E-state index in [1.54, 1.807) is 0 Å². The molecule has 0 aromatic heterocycles. The first kappa shape index (κ1) is 12.3. The summed E-state index contributed by atoms with van der Waals surface area (Å²) in [6, 6.07) is 5.65. The van der Waals surface area contributed by atoms with Crippen molar-refractivity contribution in [2.75, 3.05) is 4.90 Å². The fraction of sp³-hybridized carbons (Fsp3) is 0.385. The maximum Gasteiger partial charge on any atom is 0.233 e. The van der Waals surface area contributed by atoms with Crippen molar-refractivity contribution in [2.45, 2.75) is 32.6 Å². The second-order valence-corrected chi connectivity index (χ2v) is 5.18. The fourth-order valence-corrected chi connectivity index (χ4v) is 2.36. The quantitative estimate of drug-likeness (QED) is 0.746. The molecule has 1 fully saturated rings. The van der Waals surface area contributed by atoms with Gasteiger partial charge in [0.05, 0.1) is 5.69 Å². The Labute approximate surface area is 109 Å². The van der Waals surface area contributed by atoms with Crippen molar-refractivity contribution in [3.63, 3.8) is 0 Å². The molecule has 2 rings (SSSR count). The van der Waals surface area contributed by atoms with Gasteiger partial charge in [-0.1, -0.05) is 22.0 Å². The Morgan fingerprint density at radius 2 is 1.71 bits per heavy atom. The highest BCUT2D eigenvalue weighted by atomic mass is 79.9. The van der Waals surface area contributed by atoms with Crippen LogP contribution >= 0.6 is 15.9 Å². The number of carbonyl (C=O) groups is 2. The molecule has 1 aliphatic rings. The highest BCUT2D eigenvalue weighted by molar-refractivity contribution is 9.10. The Balaban J connectivity index is 2.45. The first-order valence-corrected chi connectivity index (χ1v) is 6.51. The minimum Gasteiger partial charge on any atom is -0.274 e. The molecular weight excluding hydrogens is 282 g/mol. The third kappa shape index (κ3) is 2.57. The van der Waals surface area contributed by atoms with Gasteiger partial charge in [-0.2, -0.15) is 0 Å². The summed E-state index contributed by atoms with van der Waals surface area (Å²) in [4.78, 5) is 25.3. The minimum atomic E-state index is -0.0892. The number of hydrogen-bond donors (Lipinski definition) is 0. The first-order chi connectivity index (χ1) is 8.09. The van der Waals surface area contributed by atoms with Gasteiger partial charge in [-0.25, -0.2) is 0 Å². The summed E-state index contributed by atoms with van der Waals surface area (Å²) in [6.45, 7) is 1.91. The third-order valence-electron chi connectivity index (χ3n) is 2.94. The number of nitrogens with zero attached hydrogens (tertiary/aromatic N) is 1. The monoisotopic (exact) mass is 295 g/mol. The lowest BCUT2D eigenvalue weighted by Crippen LogP contribution is -2.35. The lowest BCUT2D eigenvalue weighted by Gasteiger charge is -2.21. The normalized spacial score (nSPS) is 17.2. The second kappa shape index (κ2) is 5.00. The van der Waals surface area contributed by atoms with Crippen LogP contribution in [0.4, 0.5) is 5.69 Å². The Morgan fingerprint density at radius 3 is 2.29 bits per heavy atom. The maximum absolute atomic E-state index is 12.0. The van der Waals surface area contributed by atoms with E-state index in [2.05, 4.69) is 15.9 Å². The summed E-state index contributed by atoms with van der Waals surface area (Å²) < 4.78 is 0.878. The van der Waals surface area contributed by atoms with Crippen molar-refractivity contribution < 1.29 is 9.59 Å². The van der Waals surface area contributed by atoms with Crippen LogP contribution < -0.4 is 4.90 Å². The summed E-state index contributed by atoms with van der Waals surface area (Å²) in [5.41, 5.74) is 1.65. The first-order valence-electron chi connectivity index (χ1n) is 5.71. The van der Waals surface area contributed by atoms with Crippen molar-refractivity contribution in [3.8, 4) is 0 Å². The number of amides is 2. The number of aryl methyl sites for hydroxylation is 1.